The molecule has 0 heterocycles. The number of rotatable bonds is 12. The zero-order valence-electron chi connectivity index (χ0n) is 12.2. The molecule has 0 aromatic carbocycles. The summed E-state index contributed by atoms with van der Waals surface area (Å²) in [7, 11) is 0. The molecule has 6 nitrogen and oxygen atoms in total. The van der Waals surface area contributed by atoms with Gasteiger partial charge < -0.3 is 19.3 Å². The van der Waals surface area contributed by atoms with Crippen LogP contribution in [0.4, 0.5) is 0 Å². The number of esters is 1. The molecule has 0 saturated carbocycles. The van der Waals surface area contributed by atoms with E-state index in [0.717, 1.165) is 0 Å². The number of carbonyl (C=O) groups excluding carboxylic acids is 1. The summed E-state index contributed by atoms with van der Waals surface area (Å²) in [5.41, 5.74) is -0.455. The van der Waals surface area contributed by atoms with Crippen molar-refractivity contribution in [3.63, 3.8) is 0 Å². The summed E-state index contributed by atoms with van der Waals surface area (Å²) < 4.78 is 15.6. The lowest BCUT2D eigenvalue weighted by Crippen LogP contribution is -2.27. The topological polar surface area (TPSA) is 82.1 Å². The predicted octanol–water partition coefficient (Wildman–Crippen LogP) is 1.78. The maximum atomic E-state index is 11.3. The fourth-order valence-electron chi connectivity index (χ4n) is 1.34. The maximum Gasteiger partial charge on any atom is 0.306 e. The third-order valence-corrected chi connectivity index (χ3v) is 2.47. The van der Waals surface area contributed by atoms with E-state index in [-0.39, 0.29) is 32.0 Å². The molecule has 0 aromatic heterocycles. The number of hydrogen-bond acceptors (Lipinski definition) is 5. The lowest BCUT2D eigenvalue weighted by atomic mass is 10.0. The average molecular weight is 288 g/mol. The normalized spacial score (nSPS) is 11.1. The van der Waals surface area contributed by atoms with Gasteiger partial charge in [-0.05, 0) is 20.3 Å². The van der Waals surface area contributed by atoms with Gasteiger partial charge in [-0.2, -0.15) is 0 Å². The minimum atomic E-state index is -0.885. The Morgan fingerprint density at radius 2 is 1.90 bits per heavy atom. The van der Waals surface area contributed by atoms with E-state index in [0.29, 0.717) is 19.6 Å². The second kappa shape index (κ2) is 10.4. The van der Waals surface area contributed by atoms with E-state index in [2.05, 4.69) is 6.58 Å². The molecule has 0 aromatic rings. The number of ether oxygens (including phenoxy) is 3. The summed E-state index contributed by atoms with van der Waals surface area (Å²) in [5.74, 6) is -1.16. The van der Waals surface area contributed by atoms with Crippen molar-refractivity contribution in [1.82, 2.24) is 0 Å². The summed E-state index contributed by atoms with van der Waals surface area (Å²) >= 11 is 0. The molecule has 0 fully saturated rings. The van der Waals surface area contributed by atoms with Gasteiger partial charge in [-0.25, -0.2) is 0 Å². The van der Waals surface area contributed by atoms with Gasteiger partial charge in [0, 0.05) is 6.42 Å². The second-order valence-electron chi connectivity index (χ2n) is 4.84. The highest BCUT2D eigenvalue weighted by Crippen LogP contribution is 2.17. The molecule has 20 heavy (non-hydrogen) atoms. The summed E-state index contributed by atoms with van der Waals surface area (Å²) in [6.07, 6.45) is 2.32. The summed E-state index contributed by atoms with van der Waals surface area (Å²) in [4.78, 5) is 21.6. The van der Waals surface area contributed by atoms with Crippen LogP contribution in [0.5, 0.6) is 0 Å². The molecule has 0 aliphatic heterocycles. The van der Waals surface area contributed by atoms with Gasteiger partial charge in [0.05, 0.1) is 31.8 Å². The van der Waals surface area contributed by atoms with Crippen molar-refractivity contribution in [2.75, 3.05) is 26.4 Å². The predicted molar refractivity (Wildman–Crippen MR) is 73.5 cm³/mol. The Kier molecular flexibility index (Phi) is 9.67. The third kappa shape index (κ3) is 11.7. The highest BCUT2D eigenvalue weighted by atomic mass is 16.5. The molecule has 0 amide bonds. The Hall–Kier alpha value is -1.40. The van der Waals surface area contributed by atoms with Crippen LogP contribution in [0.25, 0.3) is 0 Å². The fraction of sp³-hybridized carbons (Fsp3) is 0.714. The Bertz CT molecular complexity index is 311. The van der Waals surface area contributed by atoms with Crippen molar-refractivity contribution in [2.24, 2.45) is 0 Å². The van der Waals surface area contributed by atoms with Crippen LogP contribution < -0.4 is 0 Å². The Balaban J connectivity index is 3.65. The molecule has 0 unspecified atom stereocenters. The van der Waals surface area contributed by atoms with Crippen LogP contribution in [0.1, 0.15) is 33.1 Å². The highest BCUT2D eigenvalue weighted by Gasteiger charge is 2.20. The number of carbonyl (C=O) groups is 2. The van der Waals surface area contributed by atoms with Crippen molar-refractivity contribution < 1.29 is 28.9 Å². The van der Waals surface area contributed by atoms with E-state index >= 15 is 0 Å². The number of carboxylic acid groups (broad SMARTS) is 1. The molecular formula is C14H24O6. The van der Waals surface area contributed by atoms with Crippen LogP contribution in [0.15, 0.2) is 12.7 Å². The molecule has 0 aliphatic rings. The van der Waals surface area contributed by atoms with E-state index < -0.39 is 11.6 Å². The molecule has 0 saturated heterocycles. The quantitative estimate of drug-likeness (QED) is 0.335. The standard InChI is InChI=1S/C14H24O6/c1-4-8-19-13(17)5-7-14(2,3)20-11-10-18-9-6-12(15)16/h4H,1,5-11H2,2-3H3,(H,15,16). The summed E-state index contributed by atoms with van der Waals surface area (Å²) in [5, 5.41) is 8.42. The van der Waals surface area contributed by atoms with E-state index in [1.165, 1.54) is 6.08 Å². The molecule has 0 aliphatic carbocycles. The lowest BCUT2D eigenvalue weighted by Gasteiger charge is -2.24. The molecule has 0 rings (SSSR count). The summed E-state index contributed by atoms with van der Waals surface area (Å²) in [6, 6.07) is 0. The molecule has 0 radical (unpaired) electrons. The first kappa shape index (κ1) is 18.6. The number of hydrogen-bond donors (Lipinski definition) is 1. The van der Waals surface area contributed by atoms with Gasteiger partial charge in [-0.3, -0.25) is 9.59 Å². The zero-order valence-corrected chi connectivity index (χ0v) is 12.2. The molecule has 0 spiro atoms. The van der Waals surface area contributed by atoms with E-state index in [9.17, 15) is 9.59 Å². The second-order valence-corrected chi connectivity index (χ2v) is 4.84. The van der Waals surface area contributed by atoms with Crippen molar-refractivity contribution in [3.8, 4) is 0 Å². The molecular weight excluding hydrogens is 264 g/mol. The Morgan fingerprint density at radius 1 is 1.20 bits per heavy atom. The van der Waals surface area contributed by atoms with Crippen LogP contribution in [0, 0.1) is 0 Å². The minimum absolute atomic E-state index is 0.0153. The first-order chi connectivity index (χ1) is 9.37. The largest absolute Gasteiger partial charge is 0.481 e. The fourth-order valence-corrected chi connectivity index (χ4v) is 1.34. The van der Waals surface area contributed by atoms with Gasteiger partial charge in [0.2, 0.25) is 0 Å². The van der Waals surface area contributed by atoms with Crippen molar-refractivity contribution >= 4 is 11.9 Å². The number of aliphatic carboxylic acids is 1. The van der Waals surface area contributed by atoms with Crippen LogP contribution in [0.2, 0.25) is 0 Å². The Labute approximate surface area is 119 Å². The van der Waals surface area contributed by atoms with Gasteiger partial charge >= 0.3 is 11.9 Å². The van der Waals surface area contributed by atoms with Crippen LogP contribution in [-0.4, -0.2) is 49.1 Å². The zero-order chi connectivity index (χ0) is 15.4. The molecule has 116 valence electrons. The van der Waals surface area contributed by atoms with E-state index in [1.54, 1.807) is 0 Å². The summed E-state index contributed by atoms with van der Waals surface area (Å²) in [6.45, 7) is 8.30. The molecule has 0 bridgehead atoms. The monoisotopic (exact) mass is 288 g/mol. The van der Waals surface area contributed by atoms with Crippen molar-refractivity contribution in [2.45, 2.75) is 38.7 Å². The molecule has 1 N–H and O–H groups in total. The smallest absolute Gasteiger partial charge is 0.306 e. The highest BCUT2D eigenvalue weighted by molar-refractivity contribution is 5.69. The first-order valence-corrected chi connectivity index (χ1v) is 6.57. The van der Waals surface area contributed by atoms with Crippen LogP contribution >= 0.6 is 0 Å². The first-order valence-electron chi connectivity index (χ1n) is 6.57. The lowest BCUT2D eigenvalue weighted by molar-refractivity contribution is -0.144. The van der Waals surface area contributed by atoms with Crippen LogP contribution in [0.3, 0.4) is 0 Å². The van der Waals surface area contributed by atoms with Gasteiger partial charge in [0.1, 0.15) is 6.61 Å². The Morgan fingerprint density at radius 3 is 2.50 bits per heavy atom. The minimum Gasteiger partial charge on any atom is -0.481 e. The van der Waals surface area contributed by atoms with E-state index in [1.807, 2.05) is 13.8 Å². The van der Waals surface area contributed by atoms with Crippen molar-refractivity contribution in [1.29, 1.82) is 0 Å². The van der Waals surface area contributed by atoms with E-state index in [4.69, 9.17) is 19.3 Å². The SMILES string of the molecule is C=CCOC(=O)CCC(C)(C)OCCOCCC(=O)O. The maximum absolute atomic E-state index is 11.3. The average Bonchev–Trinajstić information content (AvgIpc) is 2.37. The molecule has 6 heteroatoms. The number of carboxylic acids is 1. The van der Waals surface area contributed by atoms with Gasteiger partial charge in [0.25, 0.3) is 0 Å². The third-order valence-electron chi connectivity index (χ3n) is 2.47. The van der Waals surface area contributed by atoms with Gasteiger partial charge in [-0.1, -0.05) is 12.7 Å². The molecule has 0 atom stereocenters. The van der Waals surface area contributed by atoms with Crippen molar-refractivity contribution in [3.05, 3.63) is 12.7 Å². The van der Waals surface area contributed by atoms with Gasteiger partial charge in [-0.15, -0.1) is 0 Å². The van der Waals surface area contributed by atoms with Crippen LogP contribution in [-0.2, 0) is 23.8 Å². The van der Waals surface area contributed by atoms with Gasteiger partial charge in [0.15, 0.2) is 0 Å².